The van der Waals surface area contributed by atoms with E-state index in [0.717, 1.165) is 11.8 Å². The van der Waals surface area contributed by atoms with Gasteiger partial charge < -0.3 is 4.74 Å². The van der Waals surface area contributed by atoms with E-state index >= 15 is 0 Å². The average Bonchev–Trinajstić information content (AvgIpc) is 2.55. The van der Waals surface area contributed by atoms with Gasteiger partial charge in [-0.1, -0.05) is 12.1 Å². The molecular formula is C17H21NO5S2. The van der Waals surface area contributed by atoms with Crippen LogP contribution in [-0.2, 0) is 26.4 Å². The minimum atomic E-state index is -3.73. The highest BCUT2D eigenvalue weighted by Crippen LogP contribution is 2.21. The molecule has 0 amide bonds. The summed E-state index contributed by atoms with van der Waals surface area (Å²) in [5.41, 5.74) is 0.796. The van der Waals surface area contributed by atoms with Crippen LogP contribution < -0.4 is 4.74 Å². The molecule has 0 radical (unpaired) electrons. The van der Waals surface area contributed by atoms with Crippen molar-refractivity contribution in [2.24, 2.45) is 0 Å². The van der Waals surface area contributed by atoms with E-state index < -0.39 is 19.9 Å². The van der Waals surface area contributed by atoms with Gasteiger partial charge in [0, 0.05) is 19.8 Å². The third kappa shape index (κ3) is 4.81. The van der Waals surface area contributed by atoms with Gasteiger partial charge in [0.05, 0.1) is 16.4 Å². The van der Waals surface area contributed by atoms with Gasteiger partial charge in [0.2, 0.25) is 10.0 Å². The Labute approximate surface area is 149 Å². The topological polar surface area (TPSA) is 80.8 Å². The number of ether oxygens (including phenoxy) is 1. The normalized spacial score (nSPS) is 12.3. The van der Waals surface area contributed by atoms with Crippen molar-refractivity contribution in [1.82, 2.24) is 4.31 Å². The van der Waals surface area contributed by atoms with Gasteiger partial charge in [-0.25, -0.2) is 16.8 Å². The summed E-state index contributed by atoms with van der Waals surface area (Å²) in [4.78, 5) is 0.127. The van der Waals surface area contributed by atoms with Crippen molar-refractivity contribution >= 4 is 19.9 Å². The predicted molar refractivity (Wildman–Crippen MR) is 95.8 cm³/mol. The Kier molecular flexibility index (Phi) is 5.87. The Morgan fingerprint density at radius 2 is 1.56 bits per heavy atom. The first-order valence-corrected chi connectivity index (χ1v) is 11.0. The second-order valence-corrected chi connectivity index (χ2v) is 9.65. The van der Waals surface area contributed by atoms with Crippen LogP contribution >= 0.6 is 0 Å². The van der Waals surface area contributed by atoms with E-state index in [9.17, 15) is 16.8 Å². The van der Waals surface area contributed by atoms with Crippen molar-refractivity contribution in [3.8, 4) is 5.75 Å². The molecule has 0 saturated heterocycles. The number of nitrogens with zero attached hydrogens (tertiary/aromatic N) is 1. The maximum absolute atomic E-state index is 12.7. The van der Waals surface area contributed by atoms with Crippen LogP contribution in [0, 0.1) is 0 Å². The maximum Gasteiger partial charge on any atom is 0.243 e. The molecule has 6 nitrogen and oxygen atoms in total. The van der Waals surface area contributed by atoms with E-state index in [2.05, 4.69) is 0 Å². The Hall–Kier alpha value is -1.90. The van der Waals surface area contributed by atoms with Crippen LogP contribution in [0.3, 0.4) is 0 Å². The van der Waals surface area contributed by atoms with Crippen molar-refractivity contribution < 1.29 is 21.6 Å². The molecule has 0 bridgehead atoms. The van der Waals surface area contributed by atoms with Crippen molar-refractivity contribution in [3.63, 3.8) is 0 Å². The van der Waals surface area contributed by atoms with Gasteiger partial charge >= 0.3 is 0 Å². The van der Waals surface area contributed by atoms with E-state index in [-0.39, 0.29) is 16.3 Å². The van der Waals surface area contributed by atoms with Gasteiger partial charge in [-0.2, -0.15) is 4.31 Å². The summed E-state index contributed by atoms with van der Waals surface area (Å²) in [5, 5.41) is 0. The zero-order valence-electron chi connectivity index (χ0n) is 14.3. The molecule has 0 unspecified atom stereocenters. The first kappa shape index (κ1) is 19.4. The smallest absolute Gasteiger partial charge is 0.243 e. The van der Waals surface area contributed by atoms with Crippen LogP contribution in [-0.4, -0.2) is 41.1 Å². The molecule has 0 fully saturated rings. The zero-order valence-corrected chi connectivity index (χ0v) is 16.0. The molecule has 0 saturated carbocycles. The average molecular weight is 383 g/mol. The maximum atomic E-state index is 12.7. The van der Waals surface area contributed by atoms with E-state index in [1.807, 2.05) is 25.1 Å². The Balaban J connectivity index is 2.22. The van der Waals surface area contributed by atoms with Crippen LogP contribution in [0.5, 0.6) is 5.75 Å². The summed E-state index contributed by atoms with van der Waals surface area (Å²) in [6.07, 6.45) is 1.08. The molecule has 0 heterocycles. The number of sulfone groups is 1. The quantitative estimate of drug-likeness (QED) is 0.733. The second-order valence-electron chi connectivity index (χ2n) is 5.59. The summed E-state index contributed by atoms with van der Waals surface area (Å²) in [7, 11) is -5.61. The highest BCUT2D eigenvalue weighted by Gasteiger charge is 2.21. The summed E-state index contributed by atoms with van der Waals surface area (Å²) in [6.45, 7) is 2.59. The lowest BCUT2D eigenvalue weighted by atomic mass is 10.2. The monoisotopic (exact) mass is 383 g/mol. The SMILES string of the molecule is CCOc1cccc(CN(C)S(=O)(=O)c2ccc(S(C)(=O)=O)cc2)c1. The molecule has 0 aliphatic carbocycles. The van der Waals surface area contributed by atoms with Crippen LogP contribution in [0.1, 0.15) is 12.5 Å². The molecular weight excluding hydrogens is 362 g/mol. The third-order valence-corrected chi connectivity index (χ3v) is 6.52. The molecule has 8 heteroatoms. The fraction of sp³-hybridized carbons (Fsp3) is 0.294. The van der Waals surface area contributed by atoms with Crippen molar-refractivity contribution in [2.45, 2.75) is 23.3 Å². The van der Waals surface area contributed by atoms with Crippen molar-refractivity contribution in [1.29, 1.82) is 0 Å². The molecule has 0 atom stereocenters. The van der Waals surface area contributed by atoms with Crippen LogP contribution in [0.4, 0.5) is 0 Å². The summed E-state index contributed by atoms with van der Waals surface area (Å²) in [6, 6.07) is 12.4. The summed E-state index contributed by atoms with van der Waals surface area (Å²) in [5.74, 6) is 0.684. The molecule has 136 valence electrons. The molecule has 25 heavy (non-hydrogen) atoms. The number of benzene rings is 2. The molecule has 2 aromatic carbocycles. The van der Waals surface area contributed by atoms with Gasteiger partial charge in [0.1, 0.15) is 5.75 Å². The Bertz CT molecular complexity index is 935. The highest BCUT2D eigenvalue weighted by molar-refractivity contribution is 7.90. The van der Waals surface area contributed by atoms with E-state index in [0.29, 0.717) is 12.4 Å². The lowest BCUT2D eigenvalue weighted by Crippen LogP contribution is -2.26. The van der Waals surface area contributed by atoms with E-state index in [1.54, 1.807) is 6.07 Å². The third-order valence-electron chi connectivity index (χ3n) is 3.57. The fourth-order valence-electron chi connectivity index (χ4n) is 2.28. The Morgan fingerprint density at radius 1 is 0.960 bits per heavy atom. The molecule has 0 spiro atoms. The van der Waals surface area contributed by atoms with E-state index in [4.69, 9.17) is 4.74 Å². The standard InChI is InChI=1S/C17H21NO5S2/c1-4-23-15-7-5-6-14(12-15)13-18(2)25(21,22)17-10-8-16(9-11-17)24(3,19)20/h5-12H,4,13H2,1-3H3. The van der Waals surface area contributed by atoms with Crippen LogP contribution in [0.2, 0.25) is 0 Å². The fourth-order valence-corrected chi connectivity index (χ4v) is 4.07. The molecule has 0 N–H and O–H groups in total. The van der Waals surface area contributed by atoms with Crippen LogP contribution in [0.25, 0.3) is 0 Å². The lowest BCUT2D eigenvalue weighted by molar-refractivity contribution is 0.339. The minimum Gasteiger partial charge on any atom is -0.494 e. The Morgan fingerprint density at radius 3 is 2.12 bits per heavy atom. The number of hydrogen-bond donors (Lipinski definition) is 0. The first-order valence-electron chi connectivity index (χ1n) is 7.63. The molecule has 0 aliphatic rings. The lowest BCUT2D eigenvalue weighted by Gasteiger charge is -2.18. The van der Waals surface area contributed by atoms with Crippen molar-refractivity contribution in [3.05, 3.63) is 54.1 Å². The minimum absolute atomic E-state index is 0.0448. The zero-order chi connectivity index (χ0) is 18.7. The van der Waals surface area contributed by atoms with E-state index in [1.165, 1.54) is 35.6 Å². The largest absolute Gasteiger partial charge is 0.494 e. The van der Waals surface area contributed by atoms with Crippen LogP contribution in [0.15, 0.2) is 58.3 Å². The molecule has 2 aromatic rings. The second kappa shape index (κ2) is 7.55. The number of hydrogen-bond acceptors (Lipinski definition) is 5. The molecule has 0 aliphatic heterocycles. The number of sulfonamides is 1. The molecule has 2 rings (SSSR count). The highest BCUT2D eigenvalue weighted by atomic mass is 32.2. The predicted octanol–water partition coefficient (Wildman–Crippen LogP) is 2.31. The van der Waals surface area contributed by atoms with Gasteiger partial charge in [0.25, 0.3) is 0 Å². The van der Waals surface area contributed by atoms with Crippen molar-refractivity contribution in [2.75, 3.05) is 19.9 Å². The van der Waals surface area contributed by atoms with Gasteiger partial charge in [-0.15, -0.1) is 0 Å². The first-order chi connectivity index (χ1) is 11.6. The number of rotatable bonds is 7. The molecule has 0 aromatic heterocycles. The van der Waals surface area contributed by atoms with Gasteiger partial charge in [0.15, 0.2) is 9.84 Å². The summed E-state index contributed by atoms with van der Waals surface area (Å²) >= 11 is 0. The van der Waals surface area contributed by atoms with Gasteiger partial charge in [-0.3, -0.25) is 0 Å². The van der Waals surface area contributed by atoms with Gasteiger partial charge in [-0.05, 0) is 48.9 Å². The summed E-state index contributed by atoms with van der Waals surface area (Å²) < 4.78 is 54.9.